The second-order valence-corrected chi connectivity index (χ2v) is 3.26. The molecule has 0 saturated heterocycles. The van der Waals surface area contributed by atoms with Gasteiger partial charge in [-0.3, -0.25) is 0 Å². The average Bonchev–Trinajstić information content (AvgIpc) is 2.35. The van der Waals surface area contributed by atoms with Crippen molar-refractivity contribution in [1.29, 1.82) is 0 Å². The summed E-state index contributed by atoms with van der Waals surface area (Å²) in [5, 5.41) is 0. The van der Waals surface area contributed by atoms with Gasteiger partial charge in [0, 0.05) is 6.08 Å². The first-order valence-corrected chi connectivity index (χ1v) is 4.95. The topological polar surface area (TPSA) is 44.8 Å². The number of carbonyl (C=O) groups is 1. The van der Waals surface area contributed by atoms with Gasteiger partial charge in [0.2, 0.25) is 0 Å². The quantitative estimate of drug-likeness (QED) is 0.561. The van der Waals surface area contributed by atoms with Crippen molar-refractivity contribution in [2.24, 2.45) is 0 Å². The fourth-order valence-electron chi connectivity index (χ4n) is 1.40. The van der Waals surface area contributed by atoms with Crippen LogP contribution in [0.1, 0.15) is 5.56 Å². The minimum atomic E-state index is -0.380. The number of carbonyl (C=O) groups excluding carboxylic acids is 1. The van der Waals surface area contributed by atoms with Gasteiger partial charge in [0.25, 0.3) is 0 Å². The van der Waals surface area contributed by atoms with Crippen LogP contribution in [0.25, 0.3) is 6.08 Å². The van der Waals surface area contributed by atoms with Crippen LogP contribution in [-0.4, -0.2) is 26.3 Å². The molecule has 1 aliphatic heterocycles. The molecule has 4 heteroatoms. The number of hydrogen-bond acceptors (Lipinski definition) is 4. The zero-order valence-corrected chi connectivity index (χ0v) is 8.93. The molecule has 0 aromatic heterocycles. The predicted octanol–water partition coefficient (Wildman–Crippen LogP) is 1.64. The smallest absolute Gasteiger partial charge is 0.330 e. The molecule has 0 atom stereocenters. The Labute approximate surface area is 93.4 Å². The molecule has 0 radical (unpaired) electrons. The molecule has 0 unspecified atom stereocenters. The lowest BCUT2D eigenvalue weighted by atomic mass is 10.2. The van der Waals surface area contributed by atoms with Gasteiger partial charge < -0.3 is 14.2 Å². The van der Waals surface area contributed by atoms with Crippen molar-refractivity contribution >= 4 is 12.0 Å². The monoisotopic (exact) mass is 220 g/mol. The zero-order valence-electron chi connectivity index (χ0n) is 8.93. The molecule has 0 N–H and O–H groups in total. The highest BCUT2D eigenvalue weighted by molar-refractivity contribution is 5.87. The summed E-state index contributed by atoms with van der Waals surface area (Å²) in [5.74, 6) is 1.06. The summed E-state index contributed by atoms with van der Waals surface area (Å²) in [6, 6.07) is 5.51. The van der Waals surface area contributed by atoms with Gasteiger partial charge in [-0.05, 0) is 23.8 Å². The van der Waals surface area contributed by atoms with Gasteiger partial charge in [-0.2, -0.15) is 0 Å². The molecule has 1 aromatic rings. The number of hydrogen-bond donors (Lipinski definition) is 0. The largest absolute Gasteiger partial charge is 0.486 e. The maximum atomic E-state index is 10.9. The first kappa shape index (κ1) is 10.5. The Kier molecular flexibility index (Phi) is 3.10. The highest BCUT2D eigenvalue weighted by Crippen LogP contribution is 2.30. The number of esters is 1. The lowest BCUT2D eigenvalue weighted by Crippen LogP contribution is -2.15. The Morgan fingerprint density at radius 1 is 1.31 bits per heavy atom. The SMILES string of the molecule is COC(=O)/C=C/c1ccc2c(c1)OCCO2. The maximum Gasteiger partial charge on any atom is 0.330 e. The molecular formula is C12H12O4. The molecule has 0 bridgehead atoms. The third kappa shape index (κ3) is 2.34. The van der Waals surface area contributed by atoms with Crippen LogP contribution in [0.3, 0.4) is 0 Å². The van der Waals surface area contributed by atoms with Crippen molar-refractivity contribution in [3.63, 3.8) is 0 Å². The van der Waals surface area contributed by atoms with Crippen LogP contribution in [0.5, 0.6) is 11.5 Å². The number of ether oxygens (including phenoxy) is 3. The first-order valence-electron chi connectivity index (χ1n) is 4.95. The standard InChI is InChI=1S/C12H12O4/c1-14-12(13)5-3-9-2-4-10-11(8-9)16-7-6-15-10/h2-5,8H,6-7H2,1H3/b5-3+. The summed E-state index contributed by atoms with van der Waals surface area (Å²) in [4.78, 5) is 10.9. The van der Waals surface area contributed by atoms with Gasteiger partial charge in [-0.1, -0.05) is 6.07 Å². The summed E-state index contributed by atoms with van der Waals surface area (Å²) in [5.41, 5.74) is 0.870. The van der Waals surface area contributed by atoms with Gasteiger partial charge in [-0.25, -0.2) is 4.79 Å². The van der Waals surface area contributed by atoms with Gasteiger partial charge in [-0.15, -0.1) is 0 Å². The molecule has 1 heterocycles. The van der Waals surface area contributed by atoms with E-state index in [0.717, 1.165) is 11.3 Å². The molecule has 1 aromatic carbocycles. The van der Waals surface area contributed by atoms with E-state index in [9.17, 15) is 4.79 Å². The van der Waals surface area contributed by atoms with Crippen molar-refractivity contribution in [3.05, 3.63) is 29.8 Å². The Bertz CT molecular complexity index is 423. The van der Waals surface area contributed by atoms with Crippen molar-refractivity contribution in [2.45, 2.75) is 0 Å². The van der Waals surface area contributed by atoms with Crippen molar-refractivity contribution in [2.75, 3.05) is 20.3 Å². The van der Waals surface area contributed by atoms with Gasteiger partial charge in [0.15, 0.2) is 11.5 Å². The molecule has 2 rings (SSSR count). The fraction of sp³-hybridized carbons (Fsp3) is 0.250. The van der Waals surface area contributed by atoms with E-state index < -0.39 is 0 Å². The number of fused-ring (bicyclic) bond motifs is 1. The first-order chi connectivity index (χ1) is 7.79. The second-order valence-electron chi connectivity index (χ2n) is 3.26. The van der Waals surface area contributed by atoms with Crippen molar-refractivity contribution < 1.29 is 19.0 Å². The van der Waals surface area contributed by atoms with Gasteiger partial charge in [0.05, 0.1) is 7.11 Å². The highest BCUT2D eigenvalue weighted by Gasteiger charge is 2.10. The van der Waals surface area contributed by atoms with Crippen LogP contribution in [-0.2, 0) is 9.53 Å². The molecule has 0 amide bonds. The molecule has 0 spiro atoms. The van der Waals surface area contributed by atoms with E-state index in [1.165, 1.54) is 13.2 Å². The third-order valence-corrected chi connectivity index (χ3v) is 2.18. The Balaban J connectivity index is 2.17. The fourth-order valence-corrected chi connectivity index (χ4v) is 1.40. The molecule has 0 fully saturated rings. The van der Waals surface area contributed by atoms with Gasteiger partial charge in [0.1, 0.15) is 13.2 Å². The third-order valence-electron chi connectivity index (χ3n) is 2.18. The summed E-state index contributed by atoms with van der Waals surface area (Å²) in [6.45, 7) is 1.13. The normalized spacial score (nSPS) is 13.8. The minimum absolute atomic E-state index is 0.380. The predicted molar refractivity (Wildman–Crippen MR) is 58.5 cm³/mol. The molecule has 84 valence electrons. The molecule has 16 heavy (non-hydrogen) atoms. The van der Waals surface area contributed by atoms with Crippen LogP contribution in [0.15, 0.2) is 24.3 Å². The molecule has 4 nitrogen and oxygen atoms in total. The summed E-state index contributed by atoms with van der Waals surface area (Å²) >= 11 is 0. The van der Waals surface area contributed by atoms with E-state index >= 15 is 0 Å². The molecule has 1 aliphatic rings. The summed E-state index contributed by atoms with van der Waals surface area (Å²) in [6.07, 6.45) is 3.04. The molecule has 0 aliphatic carbocycles. The Morgan fingerprint density at radius 2 is 2.06 bits per heavy atom. The zero-order chi connectivity index (χ0) is 11.4. The average molecular weight is 220 g/mol. The lowest BCUT2D eigenvalue weighted by molar-refractivity contribution is -0.134. The van der Waals surface area contributed by atoms with E-state index in [2.05, 4.69) is 4.74 Å². The Hall–Kier alpha value is -1.97. The van der Waals surface area contributed by atoms with E-state index in [0.29, 0.717) is 19.0 Å². The van der Waals surface area contributed by atoms with Crippen molar-refractivity contribution in [1.82, 2.24) is 0 Å². The number of benzene rings is 1. The maximum absolute atomic E-state index is 10.9. The van der Waals surface area contributed by atoms with Crippen LogP contribution < -0.4 is 9.47 Å². The summed E-state index contributed by atoms with van der Waals surface area (Å²) in [7, 11) is 1.34. The minimum Gasteiger partial charge on any atom is -0.486 e. The van der Waals surface area contributed by atoms with Crippen LogP contribution in [0.4, 0.5) is 0 Å². The van der Waals surface area contributed by atoms with Crippen LogP contribution in [0, 0.1) is 0 Å². The van der Waals surface area contributed by atoms with E-state index in [1.54, 1.807) is 6.08 Å². The number of methoxy groups -OCH3 is 1. The molecule has 0 saturated carbocycles. The van der Waals surface area contributed by atoms with Gasteiger partial charge >= 0.3 is 5.97 Å². The summed E-state index contributed by atoms with van der Waals surface area (Å²) < 4.78 is 15.3. The highest BCUT2D eigenvalue weighted by atomic mass is 16.6. The van der Waals surface area contributed by atoms with E-state index in [1.807, 2.05) is 18.2 Å². The van der Waals surface area contributed by atoms with E-state index in [4.69, 9.17) is 9.47 Å². The second kappa shape index (κ2) is 4.70. The molecular weight excluding hydrogens is 208 g/mol. The van der Waals surface area contributed by atoms with Crippen LogP contribution in [0.2, 0.25) is 0 Å². The number of rotatable bonds is 2. The Morgan fingerprint density at radius 3 is 2.81 bits per heavy atom. The van der Waals surface area contributed by atoms with Crippen molar-refractivity contribution in [3.8, 4) is 11.5 Å². The lowest BCUT2D eigenvalue weighted by Gasteiger charge is -2.18. The van der Waals surface area contributed by atoms with Crippen LogP contribution >= 0.6 is 0 Å². The van der Waals surface area contributed by atoms with E-state index in [-0.39, 0.29) is 5.97 Å².